The molecule has 21 heavy (non-hydrogen) atoms. The Balaban J connectivity index is 2.31. The predicted molar refractivity (Wildman–Crippen MR) is 76.1 cm³/mol. The maximum atomic E-state index is 13.0. The number of amidine groups is 1. The van der Waals surface area contributed by atoms with E-state index in [2.05, 4.69) is 15.8 Å². The lowest BCUT2D eigenvalue weighted by Crippen LogP contribution is -2.27. The van der Waals surface area contributed by atoms with Crippen LogP contribution in [0.1, 0.15) is 5.56 Å². The topological polar surface area (TPSA) is 70.6 Å². The highest BCUT2D eigenvalue weighted by Gasteiger charge is 2.34. The Morgan fingerprint density at radius 3 is 2.52 bits per heavy atom. The number of anilines is 1. The summed E-state index contributed by atoms with van der Waals surface area (Å²) in [5, 5.41) is 0.496. The van der Waals surface area contributed by atoms with Crippen molar-refractivity contribution in [3.05, 3.63) is 23.8 Å². The van der Waals surface area contributed by atoms with Crippen LogP contribution in [0, 0.1) is 0 Å². The Hall–Kier alpha value is -1.42. The molecule has 1 aliphatic heterocycles. The van der Waals surface area contributed by atoms with Crippen molar-refractivity contribution in [3.63, 3.8) is 0 Å². The van der Waals surface area contributed by atoms with Crippen molar-refractivity contribution in [3.8, 4) is 0 Å². The van der Waals surface area contributed by atoms with Gasteiger partial charge in [0.2, 0.25) is 0 Å². The van der Waals surface area contributed by atoms with E-state index < -0.39 is 21.6 Å². The van der Waals surface area contributed by atoms with E-state index in [1.54, 1.807) is 0 Å². The van der Waals surface area contributed by atoms with E-state index >= 15 is 0 Å². The molecule has 2 N–H and O–H groups in total. The lowest BCUT2D eigenvalue weighted by molar-refractivity contribution is -0.137. The molecular weight excluding hydrogens is 327 g/mol. The largest absolute Gasteiger partial charge is 0.418 e. The lowest BCUT2D eigenvalue weighted by atomic mass is 10.2. The fourth-order valence-electron chi connectivity index (χ4n) is 1.63. The molecule has 10 heteroatoms. The molecule has 1 aromatic carbocycles. The second kappa shape index (κ2) is 5.76. The Labute approximate surface area is 123 Å². The van der Waals surface area contributed by atoms with Crippen LogP contribution in [0.4, 0.5) is 18.9 Å². The van der Waals surface area contributed by atoms with Gasteiger partial charge in [-0.1, -0.05) is 11.8 Å². The fraction of sp³-hybridized carbons (Fsp3) is 0.364. The van der Waals surface area contributed by atoms with Gasteiger partial charge in [-0.3, -0.25) is 15.8 Å². The van der Waals surface area contributed by atoms with Crippen molar-refractivity contribution in [1.29, 1.82) is 0 Å². The number of hydrogen-bond acceptors (Lipinski definition) is 6. The Morgan fingerprint density at radius 1 is 1.29 bits per heavy atom. The third-order valence-electron chi connectivity index (χ3n) is 2.61. The SMILES string of the molecule is CS(=O)(=O)c1ccc(NNC2=NCCS2)c(C(F)(F)F)c1. The molecule has 0 saturated carbocycles. The number of benzene rings is 1. The fourth-order valence-corrected chi connectivity index (χ4v) is 2.96. The molecule has 2 rings (SSSR count). The molecule has 0 aromatic heterocycles. The van der Waals surface area contributed by atoms with E-state index in [0.29, 0.717) is 17.8 Å². The van der Waals surface area contributed by atoms with Gasteiger partial charge < -0.3 is 0 Å². The summed E-state index contributed by atoms with van der Waals surface area (Å²) in [4.78, 5) is 3.65. The van der Waals surface area contributed by atoms with Gasteiger partial charge in [-0.2, -0.15) is 13.2 Å². The van der Waals surface area contributed by atoms with Gasteiger partial charge in [0.25, 0.3) is 0 Å². The number of alkyl halides is 3. The number of thioether (sulfide) groups is 1. The first-order valence-electron chi connectivity index (χ1n) is 5.78. The van der Waals surface area contributed by atoms with Crippen LogP contribution in [0.5, 0.6) is 0 Å². The number of aliphatic imine (C=N–C) groups is 1. The first-order chi connectivity index (χ1) is 9.68. The Bertz CT molecular complexity index is 672. The molecule has 1 aromatic rings. The maximum absolute atomic E-state index is 13.0. The van der Waals surface area contributed by atoms with Gasteiger partial charge in [0.05, 0.1) is 22.7 Å². The van der Waals surface area contributed by atoms with E-state index in [0.717, 1.165) is 24.1 Å². The van der Waals surface area contributed by atoms with Gasteiger partial charge in [-0.05, 0) is 18.2 Å². The molecule has 0 bridgehead atoms. The summed E-state index contributed by atoms with van der Waals surface area (Å²) in [5.41, 5.74) is 3.69. The molecule has 0 radical (unpaired) electrons. The molecule has 116 valence electrons. The van der Waals surface area contributed by atoms with Gasteiger partial charge in [-0.15, -0.1) is 0 Å². The number of hydrazine groups is 1. The molecule has 0 spiro atoms. The number of halogens is 3. The van der Waals surface area contributed by atoms with Crippen molar-refractivity contribution >= 4 is 32.5 Å². The molecule has 0 unspecified atom stereocenters. The van der Waals surface area contributed by atoms with Gasteiger partial charge >= 0.3 is 6.18 Å². The molecule has 1 heterocycles. The minimum absolute atomic E-state index is 0.259. The van der Waals surface area contributed by atoms with E-state index in [1.165, 1.54) is 11.8 Å². The van der Waals surface area contributed by atoms with Crippen LogP contribution in [0.15, 0.2) is 28.1 Å². The molecule has 0 amide bonds. The average molecular weight is 339 g/mol. The van der Waals surface area contributed by atoms with Crippen molar-refractivity contribution < 1.29 is 21.6 Å². The standard InChI is InChI=1S/C11H12F3N3O2S2/c1-21(18,19)7-2-3-9(8(6-7)11(12,13)14)16-17-10-15-4-5-20-10/h2-3,6,16H,4-5H2,1H3,(H,15,17). The summed E-state index contributed by atoms with van der Waals surface area (Å²) >= 11 is 1.38. The Morgan fingerprint density at radius 2 is 2.00 bits per heavy atom. The van der Waals surface area contributed by atoms with E-state index in [4.69, 9.17) is 0 Å². The van der Waals surface area contributed by atoms with Crippen LogP contribution in [-0.4, -0.2) is 32.1 Å². The third kappa shape index (κ3) is 4.03. The Kier molecular flexibility index (Phi) is 4.38. The third-order valence-corrected chi connectivity index (χ3v) is 4.62. The van der Waals surface area contributed by atoms with Crippen LogP contribution < -0.4 is 10.9 Å². The smallest absolute Gasteiger partial charge is 0.299 e. The quantitative estimate of drug-likeness (QED) is 0.826. The van der Waals surface area contributed by atoms with Crippen molar-refractivity contribution in [2.75, 3.05) is 24.0 Å². The summed E-state index contributed by atoms with van der Waals surface area (Å²) in [6.45, 7) is 0.605. The molecule has 0 atom stereocenters. The van der Waals surface area contributed by atoms with E-state index in [-0.39, 0.29) is 10.6 Å². The highest BCUT2D eigenvalue weighted by molar-refractivity contribution is 8.14. The number of nitrogens with one attached hydrogen (secondary N) is 2. The predicted octanol–water partition coefficient (Wildman–Crippen LogP) is 2.13. The highest BCUT2D eigenvalue weighted by Crippen LogP contribution is 2.36. The van der Waals surface area contributed by atoms with Crippen LogP contribution in [0.2, 0.25) is 0 Å². The van der Waals surface area contributed by atoms with Crippen molar-refractivity contribution in [1.82, 2.24) is 5.43 Å². The number of rotatable bonds is 3. The van der Waals surface area contributed by atoms with Crippen molar-refractivity contribution in [2.24, 2.45) is 4.99 Å². The number of hydrogen-bond donors (Lipinski definition) is 2. The zero-order chi connectivity index (χ0) is 15.7. The van der Waals surface area contributed by atoms with Crippen molar-refractivity contribution in [2.45, 2.75) is 11.1 Å². The zero-order valence-corrected chi connectivity index (χ0v) is 12.5. The van der Waals surface area contributed by atoms with Crippen LogP contribution in [0.3, 0.4) is 0 Å². The summed E-state index contributed by atoms with van der Waals surface area (Å²) in [7, 11) is -3.71. The second-order valence-corrected chi connectivity index (χ2v) is 7.36. The minimum Gasteiger partial charge on any atom is -0.299 e. The lowest BCUT2D eigenvalue weighted by Gasteiger charge is -2.16. The van der Waals surface area contributed by atoms with E-state index in [1.807, 2.05) is 0 Å². The first-order valence-corrected chi connectivity index (χ1v) is 8.66. The maximum Gasteiger partial charge on any atom is 0.418 e. The summed E-state index contributed by atoms with van der Waals surface area (Å²) in [6, 6.07) is 2.81. The normalized spacial score (nSPS) is 15.7. The minimum atomic E-state index is -4.67. The molecule has 0 saturated heterocycles. The molecule has 0 fully saturated rings. The zero-order valence-electron chi connectivity index (χ0n) is 10.9. The number of sulfone groups is 1. The first kappa shape index (κ1) is 16.0. The van der Waals surface area contributed by atoms with Gasteiger partial charge in [-0.25, -0.2) is 8.42 Å². The average Bonchev–Trinajstić information content (AvgIpc) is 2.87. The van der Waals surface area contributed by atoms with Crippen LogP contribution in [0.25, 0.3) is 0 Å². The highest BCUT2D eigenvalue weighted by atomic mass is 32.2. The molecular formula is C11H12F3N3O2S2. The van der Waals surface area contributed by atoms with E-state index in [9.17, 15) is 21.6 Å². The number of nitrogens with zero attached hydrogens (tertiary/aromatic N) is 1. The second-order valence-electron chi connectivity index (χ2n) is 4.26. The van der Waals surface area contributed by atoms with Gasteiger partial charge in [0.1, 0.15) is 0 Å². The molecule has 5 nitrogen and oxygen atoms in total. The summed E-state index contributed by atoms with van der Waals surface area (Å²) in [5.74, 6) is 0.767. The molecule has 0 aliphatic carbocycles. The van der Waals surface area contributed by atoms with Crippen LogP contribution in [-0.2, 0) is 16.0 Å². The molecule has 1 aliphatic rings. The van der Waals surface area contributed by atoms with Crippen LogP contribution >= 0.6 is 11.8 Å². The summed E-state index contributed by atoms with van der Waals surface area (Å²) < 4.78 is 61.8. The van der Waals surface area contributed by atoms with Gasteiger partial charge in [0, 0.05) is 12.0 Å². The van der Waals surface area contributed by atoms with Gasteiger partial charge in [0.15, 0.2) is 15.0 Å². The monoisotopic (exact) mass is 339 g/mol. The summed E-state index contributed by atoms with van der Waals surface area (Å²) in [6.07, 6.45) is -3.81.